The molecule has 6 unspecified atom stereocenters. The van der Waals surface area contributed by atoms with Gasteiger partial charge in [0.1, 0.15) is 12.2 Å². The largest absolute Gasteiger partial charge is 0.493 e. The standard InChI is InChI=1S/C26H34O11/c1-31-18-11-15(6-7-17(18)34-22-12-16(29)24-26(36-22)37-24)23(30)21(13-28)35-25-19(32-2)9-14(5-4-8-27)10-20(25)33-3/h6-7,9-11,16,21-24,26-30H,4-5,8,12-13H2,1-3H3. The molecule has 2 saturated heterocycles. The number of epoxide rings is 1. The Balaban J connectivity index is 1.51. The Bertz CT molecular complexity index is 1020. The van der Waals surface area contributed by atoms with Crippen LogP contribution in [0.2, 0.25) is 0 Å². The molecule has 0 saturated carbocycles. The van der Waals surface area contributed by atoms with E-state index >= 15 is 0 Å². The molecule has 4 N–H and O–H groups in total. The molecular formula is C26H34O11. The number of benzene rings is 2. The van der Waals surface area contributed by atoms with Gasteiger partial charge in [-0.3, -0.25) is 0 Å². The fraction of sp³-hybridized carbons (Fsp3) is 0.538. The molecule has 0 radical (unpaired) electrons. The Morgan fingerprint density at radius 1 is 0.946 bits per heavy atom. The minimum Gasteiger partial charge on any atom is -0.493 e. The van der Waals surface area contributed by atoms with Gasteiger partial charge in [-0.25, -0.2) is 0 Å². The van der Waals surface area contributed by atoms with Gasteiger partial charge < -0.3 is 53.6 Å². The number of fused-ring (bicyclic) bond motifs is 1. The molecule has 11 heteroatoms. The maximum absolute atomic E-state index is 11.1. The van der Waals surface area contributed by atoms with Crippen LogP contribution in [0, 0.1) is 0 Å². The average molecular weight is 523 g/mol. The van der Waals surface area contributed by atoms with Gasteiger partial charge in [0.15, 0.2) is 35.4 Å². The van der Waals surface area contributed by atoms with Crippen molar-refractivity contribution in [3.8, 4) is 28.7 Å². The molecule has 0 amide bonds. The summed E-state index contributed by atoms with van der Waals surface area (Å²) in [5.74, 6) is 1.66. The summed E-state index contributed by atoms with van der Waals surface area (Å²) in [6.07, 6.45) is -3.03. The van der Waals surface area contributed by atoms with E-state index in [2.05, 4.69) is 0 Å². The minimum absolute atomic E-state index is 0.0555. The smallest absolute Gasteiger partial charge is 0.205 e. The molecule has 2 aromatic carbocycles. The van der Waals surface area contributed by atoms with E-state index in [0.29, 0.717) is 41.4 Å². The lowest BCUT2D eigenvalue weighted by molar-refractivity contribution is -0.144. The molecule has 0 aliphatic carbocycles. The SMILES string of the molecule is COc1cc(C(O)C(CO)Oc2c(OC)cc(CCCO)cc2OC)ccc1OC1CC(O)C2OC2O1. The van der Waals surface area contributed by atoms with Crippen molar-refractivity contribution in [2.24, 2.45) is 0 Å². The van der Waals surface area contributed by atoms with Crippen molar-refractivity contribution < 1.29 is 53.6 Å². The molecule has 2 aromatic rings. The molecule has 2 fully saturated rings. The summed E-state index contributed by atoms with van der Waals surface area (Å²) in [6.45, 7) is -0.448. The minimum atomic E-state index is -1.25. The number of aliphatic hydroxyl groups is 4. The van der Waals surface area contributed by atoms with Gasteiger partial charge in [0.2, 0.25) is 12.0 Å². The number of rotatable bonds is 13. The third kappa shape index (κ3) is 6.20. The van der Waals surface area contributed by atoms with Gasteiger partial charge in [0, 0.05) is 13.0 Å². The number of aliphatic hydroxyl groups excluding tert-OH is 4. The van der Waals surface area contributed by atoms with Gasteiger partial charge in [-0.15, -0.1) is 0 Å². The average Bonchev–Trinajstić information content (AvgIpc) is 3.70. The first-order valence-electron chi connectivity index (χ1n) is 12.1. The van der Waals surface area contributed by atoms with Crippen molar-refractivity contribution in [2.75, 3.05) is 34.5 Å². The molecule has 2 aliphatic rings. The zero-order valence-electron chi connectivity index (χ0n) is 21.0. The van der Waals surface area contributed by atoms with Crippen molar-refractivity contribution in [3.63, 3.8) is 0 Å². The van der Waals surface area contributed by atoms with E-state index in [1.807, 2.05) is 0 Å². The van der Waals surface area contributed by atoms with Crippen LogP contribution in [0.25, 0.3) is 0 Å². The van der Waals surface area contributed by atoms with Crippen molar-refractivity contribution >= 4 is 0 Å². The summed E-state index contributed by atoms with van der Waals surface area (Å²) < 4.78 is 39.1. The van der Waals surface area contributed by atoms with Crippen LogP contribution in [0.15, 0.2) is 30.3 Å². The highest BCUT2D eigenvalue weighted by Crippen LogP contribution is 2.42. The zero-order valence-corrected chi connectivity index (χ0v) is 21.0. The third-order valence-electron chi connectivity index (χ3n) is 6.31. The van der Waals surface area contributed by atoms with E-state index in [4.69, 9.17) is 38.3 Å². The predicted molar refractivity (Wildman–Crippen MR) is 129 cm³/mol. The Morgan fingerprint density at radius 3 is 2.24 bits per heavy atom. The Morgan fingerprint density at radius 2 is 1.65 bits per heavy atom. The highest BCUT2D eigenvalue weighted by molar-refractivity contribution is 5.54. The van der Waals surface area contributed by atoms with Crippen molar-refractivity contribution in [2.45, 2.75) is 56.3 Å². The summed E-state index contributed by atoms with van der Waals surface area (Å²) in [7, 11) is 4.43. The molecule has 0 spiro atoms. The molecule has 2 heterocycles. The number of hydrogen-bond donors (Lipinski definition) is 4. The first-order valence-corrected chi connectivity index (χ1v) is 12.1. The maximum Gasteiger partial charge on any atom is 0.205 e. The van der Waals surface area contributed by atoms with Gasteiger partial charge in [-0.05, 0) is 48.2 Å². The Kier molecular flexibility index (Phi) is 8.95. The normalized spacial score (nSPS) is 24.0. The van der Waals surface area contributed by atoms with Crippen LogP contribution in [0.1, 0.15) is 30.1 Å². The van der Waals surface area contributed by atoms with Crippen LogP contribution in [0.3, 0.4) is 0 Å². The second kappa shape index (κ2) is 12.2. The van der Waals surface area contributed by atoms with Crippen LogP contribution < -0.4 is 23.7 Å². The van der Waals surface area contributed by atoms with E-state index in [1.54, 1.807) is 30.3 Å². The van der Waals surface area contributed by atoms with E-state index < -0.39 is 37.5 Å². The molecule has 204 valence electrons. The van der Waals surface area contributed by atoms with Crippen molar-refractivity contribution in [1.29, 1.82) is 0 Å². The highest BCUT2D eigenvalue weighted by Gasteiger charge is 2.52. The van der Waals surface area contributed by atoms with E-state index in [-0.39, 0.29) is 24.9 Å². The number of aryl methyl sites for hydroxylation is 1. The van der Waals surface area contributed by atoms with Crippen LogP contribution in [0.4, 0.5) is 0 Å². The highest BCUT2D eigenvalue weighted by atomic mass is 16.8. The number of ether oxygens (including phenoxy) is 7. The Labute approximate surface area is 215 Å². The van der Waals surface area contributed by atoms with Gasteiger partial charge in [0.25, 0.3) is 0 Å². The van der Waals surface area contributed by atoms with E-state index in [1.165, 1.54) is 21.3 Å². The molecule has 6 atom stereocenters. The van der Waals surface area contributed by atoms with Gasteiger partial charge in [0.05, 0.1) is 34.0 Å². The molecule has 2 aliphatic heterocycles. The van der Waals surface area contributed by atoms with Gasteiger partial charge in [-0.1, -0.05) is 6.07 Å². The molecule has 0 bridgehead atoms. The Hall–Kier alpha value is -2.80. The number of methoxy groups -OCH3 is 3. The summed E-state index contributed by atoms with van der Waals surface area (Å²) in [6, 6.07) is 8.34. The first-order chi connectivity index (χ1) is 17.9. The van der Waals surface area contributed by atoms with Crippen LogP contribution >= 0.6 is 0 Å². The fourth-order valence-electron chi connectivity index (χ4n) is 4.26. The fourth-order valence-corrected chi connectivity index (χ4v) is 4.26. The van der Waals surface area contributed by atoms with Crippen LogP contribution in [0.5, 0.6) is 28.7 Å². The van der Waals surface area contributed by atoms with Crippen molar-refractivity contribution in [3.05, 3.63) is 41.5 Å². The molecule has 11 nitrogen and oxygen atoms in total. The molecular weight excluding hydrogens is 488 g/mol. The van der Waals surface area contributed by atoms with Crippen LogP contribution in [-0.2, 0) is 15.9 Å². The van der Waals surface area contributed by atoms with E-state index in [0.717, 1.165) is 5.56 Å². The van der Waals surface area contributed by atoms with Gasteiger partial charge in [-0.2, -0.15) is 0 Å². The summed E-state index contributed by atoms with van der Waals surface area (Å²) in [5, 5.41) is 40.3. The lowest BCUT2D eigenvalue weighted by Crippen LogP contribution is -2.36. The summed E-state index contributed by atoms with van der Waals surface area (Å²) in [4.78, 5) is 0. The van der Waals surface area contributed by atoms with Gasteiger partial charge >= 0.3 is 0 Å². The lowest BCUT2D eigenvalue weighted by Gasteiger charge is -2.27. The molecule has 4 rings (SSSR count). The monoisotopic (exact) mass is 522 g/mol. The second-order valence-electron chi connectivity index (χ2n) is 8.81. The van der Waals surface area contributed by atoms with E-state index in [9.17, 15) is 15.3 Å². The lowest BCUT2D eigenvalue weighted by atomic mass is 10.0. The second-order valence-corrected chi connectivity index (χ2v) is 8.81. The summed E-state index contributed by atoms with van der Waals surface area (Å²) >= 11 is 0. The predicted octanol–water partition coefficient (Wildman–Crippen LogP) is 1.32. The molecule has 37 heavy (non-hydrogen) atoms. The maximum atomic E-state index is 11.1. The van der Waals surface area contributed by atoms with Crippen molar-refractivity contribution in [1.82, 2.24) is 0 Å². The zero-order chi connectivity index (χ0) is 26.5. The summed E-state index contributed by atoms with van der Waals surface area (Å²) in [5.41, 5.74) is 1.30. The quantitative estimate of drug-likeness (QED) is 0.282. The van der Waals surface area contributed by atoms with Crippen LogP contribution in [-0.4, -0.2) is 85.9 Å². The number of hydrogen-bond acceptors (Lipinski definition) is 11. The third-order valence-corrected chi connectivity index (χ3v) is 6.31. The molecule has 0 aromatic heterocycles. The topological polar surface area (TPSA) is 149 Å². The first kappa shape index (κ1) is 27.2.